The molecule has 0 spiro atoms. The van der Waals surface area contributed by atoms with E-state index < -0.39 is 0 Å². The molecule has 0 aromatic heterocycles. The van der Waals surface area contributed by atoms with Gasteiger partial charge < -0.3 is 10.2 Å². The van der Waals surface area contributed by atoms with E-state index in [2.05, 4.69) is 59.1 Å². The molecule has 1 aliphatic heterocycles. The first kappa shape index (κ1) is 12.9. The van der Waals surface area contributed by atoms with Crippen LogP contribution in [0.5, 0.6) is 0 Å². The Morgan fingerprint density at radius 1 is 1.35 bits per heavy atom. The lowest BCUT2D eigenvalue weighted by molar-refractivity contribution is 0.466. The molecule has 3 heteroatoms. The predicted octanol–water partition coefficient (Wildman–Crippen LogP) is 3.25. The minimum absolute atomic E-state index is 0.628. The zero-order valence-corrected chi connectivity index (χ0v) is 12.5. The van der Waals surface area contributed by atoms with Gasteiger partial charge in [0, 0.05) is 35.8 Å². The minimum atomic E-state index is 0.628. The lowest BCUT2D eigenvalue weighted by atomic mass is 10.1. The molecule has 1 N–H and O–H groups in total. The maximum atomic E-state index is 3.64. The number of aryl methyl sites for hydroxylation is 2. The second-order valence-electron chi connectivity index (χ2n) is 4.85. The minimum Gasteiger partial charge on any atom is -0.366 e. The first-order valence-corrected chi connectivity index (χ1v) is 7.17. The smallest absolute Gasteiger partial charge is 0.0412 e. The largest absolute Gasteiger partial charge is 0.366 e. The number of halogens is 1. The van der Waals surface area contributed by atoms with Gasteiger partial charge in [0.25, 0.3) is 0 Å². The molecule has 1 atom stereocenters. The maximum Gasteiger partial charge on any atom is 0.0412 e. The molecule has 1 aromatic carbocycles. The van der Waals surface area contributed by atoms with Gasteiger partial charge in [0.05, 0.1) is 0 Å². The maximum absolute atomic E-state index is 3.64. The zero-order chi connectivity index (χ0) is 12.4. The van der Waals surface area contributed by atoms with Gasteiger partial charge in [0.2, 0.25) is 0 Å². The van der Waals surface area contributed by atoms with Crippen LogP contribution in [0, 0.1) is 13.8 Å². The van der Waals surface area contributed by atoms with E-state index in [-0.39, 0.29) is 0 Å². The zero-order valence-electron chi connectivity index (χ0n) is 10.9. The topological polar surface area (TPSA) is 15.3 Å². The van der Waals surface area contributed by atoms with Gasteiger partial charge >= 0.3 is 0 Å². The highest BCUT2D eigenvalue weighted by Crippen LogP contribution is 2.29. The molecule has 0 aliphatic carbocycles. The highest BCUT2D eigenvalue weighted by Gasteiger charge is 2.21. The third kappa shape index (κ3) is 2.66. The lowest BCUT2D eigenvalue weighted by Gasteiger charge is -2.38. The van der Waals surface area contributed by atoms with Gasteiger partial charge in [-0.25, -0.2) is 0 Å². The van der Waals surface area contributed by atoms with Gasteiger partial charge in [0.15, 0.2) is 0 Å². The van der Waals surface area contributed by atoms with Gasteiger partial charge in [-0.1, -0.05) is 22.9 Å². The van der Waals surface area contributed by atoms with Crippen molar-refractivity contribution in [2.24, 2.45) is 0 Å². The SMILES string of the molecule is CCC1CNCCN1c1cc(C)c(Br)c(C)c1. The fourth-order valence-corrected chi connectivity index (χ4v) is 2.78. The summed E-state index contributed by atoms with van der Waals surface area (Å²) in [6, 6.07) is 5.22. The molecule has 1 aliphatic rings. The van der Waals surface area contributed by atoms with E-state index in [9.17, 15) is 0 Å². The average molecular weight is 297 g/mol. The van der Waals surface area contributed by atoms with E-state index in [1.54, 1.807) is 0 Å². The Hall–Kier alpha value is -0.540. The van der Waals surface area contributed by atoms with Crippen molar-refractivity contribution in [3.63, 3.8) is 0 Å². The summed E-state index contributed by atoms with van der Waals surface area (Å²) in [6.45, 7) is 9.91. The van der Waals surface area contributed by atoms with Crippen LogP contribution in [0.15, 0.2) is 16.6 Å². The number of benzene rings is 1. The first-order valence-electron chi connectivity index (χ1n) is 6.37. The fourth-order valence-electron chi connectivity index (χ4n) is 2.55. The van der Waals surface area contributed by atoms with Crippen LogP contribution in [0.2, 0.25) is 0 Å². The number of anilines is 1. The Balaban J connectivity index is 2.32. The van der Waals surface area contributed by atoms with Crippen molar-refractivity contribution in [2.45, 2.75) is 33.2 Å². The summed E-state index contributed by atoms with van der Waals surface area (Å²) in [4.78, 5) is 2.54. The third-order valence-corrected chi connectivity index (χ3v) is 4.83. The first-order chi connectivity index (χ1) is 8.13. The summed E-state index contributed by atoms with van der Waals surface area (Å²) in [5.74, 6) is 0. The standard InChI is InChI=1S/C14H21BrN2/c1-4-12-9-16-5-6-17(12)13-7-10(2)14(15)11(3)8-13/h7-8,12,16H,4-6,9H2,1-3H3. The molecular formula is C14H21BrN2. The molecule has 0 amide bonds. The van der Waals surface area contributed by atoms with E-state index in [4.69, 9.17) is 0 Å². The van der Waals surface area contributed by atoms with E-state index >= 15 is 0 Å². The summed E-state index contributed by atoms with van der Waals surface area (Å²) in [7, 11) is 0. The quantitative estimate of drug-likeness (QED) is 0.901. The number of nitrogens with zero attached hydrogens (tertiary/aromatic N) is 1. The molecule has 0 saturated carbocycles. The Bertz CT molecular complexity index is 380. The molecule has 1 aromatic rings. The summed E-state index contributed by atoms with van der Waals surface area (Å²) < 4.78 is 1.24. The lowest BCUT2D eigenvalue weighted by Crippen LogP contribution is -2.51. The molecule has 2 rings (SSSR count). The van der Waals surface area contributed by atoms with E-state index in [1.165, 1.54) is 27.7 Å². The third-order valence-electron chi connectivity index (χ3n) is 3.57. The van der Waals surface area contributed by atoms with Crippen molar-refractivity contribution in [3.05, 3.63) is 27.7 Å². The molecule has 17 heavy (non-hydrogen) atoms. The Labute approximate surface area is 113 Å². The Morgan fingerprint density at radius 2 is 2.00 bits per heavy atom. The Morgan fingerprint density at radius 3 is 2.59 bits per heavy atom. The normalized spacial score (nSPS) is 20.7. The van der Waals surface area contributed by atoms with Crippen LogP contribution in [0.4, 0.5) is 5.69 Å². The van der Waals surface area contributed by atoms with Gasteiger partial charge in [-0.05, 0) is 43.5 Å². The van der Waals surface area contributed by atoms with Crippen LogP contribution in [0.3, 0.4) is 0 Å². The van der Waals surface area contributed by atoms with Crippen molar-refractivity contribution in [1.29, 1.82) is 0 Å². The molecule has 1 heterocycles. The molecule has 0 radical (unpaired) electrons. The number of hydrogen-bond donors (Lipinski definition) is 1. The van der Waals surface area contributed by atoms with Crippen molar-refractivity contribution in [2.75, 3.05) is 24.5 Å². The Kier molecular flexibility index (Phi) is 4.10. The van der Waals surface area contributed by atoms with E-state index in [0.717, 1.165) is 19.6 Å². The number of nitrogens with one attached hydrogen (secondary N) is 1. The summed E-state index contributed by atoms with van der Waals surface area (Å²) >= 11 is 3.64. The van der Waals surface area contributed by atoms with Gasteiger partial charge in [-0.2, -0.15) is 0 Å². The van der Waals surface area contributed by atoms with Crippen LogP contribution in [-0.2, 0) is 0 Å². The van der Waals surface area contributed by atoms with Crippen LogP contribution >= 0.6 is 15.9 Å². The van der Waals surface area contributed by atoms with Crippen LogP contribution in [-0.4, -0.2) is 25.7 Å². The summed E-state index contributed by atoms with van der Waals surface area (Å²) in [6.07, 6.45) is 1.20. The molecule has 94 valence electrons. The number of piperazine rings is 1. The van der Waals surface area contributed by atoms with Crippen molar-refractivity contribution < 1.29 is 0 Å². The number of hydrogen-bond acceptors (Lipinski definition) is 2. The number of rotatable bonds is 2. The summed E-state index contributed by atoms with van der Waals surface area (Å²) in [5, 5.41) is 3.48. The molecular weight excluding hydrogens is 276 g/mol. The monoisotopic (exact) mass is 296 g/mol. The molecule has 1 saturated heterocycles. The second kappa shape index (κ2) is 5.40. The van der Waals surface area contributed by atoms with Crippen LogP contribution in [0.1, 0.15) is 24.5 Å². The molecule has 0 bridgehead atoms. The molecule has 1 fully saturated rings. The van der Waals surface area contributed by atoms with Crippen LogP contribution in [0.25, 0.3) is 0 Å². The van der Waals surface area contributed by atoms with Crippen molar-refractivity contribution in [1.82, 2.24) is 5.32 Å². The molecule has 1 unspecified atom stereocenters. The predicted molar refractivity (Wildman–Crippen MR) is 77.9 cm³/mol. The van der Waals surface area contributed by atoms with E-state index in [1.807, 2.05) is 0 Å². The van der Waals surface area contributed by atoms with Crippen molar-refractivity contribution in [3.8, 4) is 0 Å². The molecule has 2 nitrogen and oxygen atoms in total. The summed E-state index contributed by atoms with van der Waals surface area (Å²) in [5.41, 5.74) is 4.03. The van der Waals surface area contributed by atoms with E-state index in [0.29, 0.717) is 6.04 Å². The second-order valence-corrected chi connectivity index (χ2v) is 5.65. The average Bonchev–Trinajstić information content (AvgIpc) is 2.35. The fraction of sp³-hybridized carbons (Fsp3) is 0.571. The van der Waals surface area contributed by atoms with Gasteiger partial charge in [-0.15, -0.1) is 0 Å². The highest BCUT2D eigenvalue weighted by atomic mass is 79.9. The van der Waals surface area contributed by atoms with Gasteiger partial charge in [-0.3, -0.25) is 0 Å². The highest BCUT2D eigenvalue weighted by molar-refractivity contribution is 9.10. The van der Waals surface area contributed by atoms with Gasteiger partial charge in [0.1, 0.15) is 0 Å². The van der Waals surface area contributed by atoms with Crippen molar-refractivity contribution >= 4 is 21.6 Å². The van der Waals surface area contributed by atoms with Crippen LogP contribution < -0.4 is 10.2 Å².